The van der Waals surface area contributed by atoms with Gasteiger partial charge in [-0.15, -0.1) is 0 Å². The number of allylic oxidation sites excluding steroid dienone is 1. The number of aliphatic imine (C=N–C) groups is 2. The molecule has 0 bridgehead atoms. The van der Waals surface area contributed by atoms with Gasteiger partial charge in [0.15, 0.2) is 0 Å². The zero-order valence-corrected chi connectivity index (χ0v) is 32.0. The van der Waals surface area contributed by atoms with Gasteiger partial charge in [-0.2, -0.15) is 0 Å². The normalized spacial score (nSPS) is 17.4. The van der Waals surface area contributed by atoms with E-state index >= 15 is 0 Å². The summed E-state index contributed by atoms with van der Waals surface area (Å²) in [5.74, 6) is 3.14. The number of ether oxygens (including phenoxy) is 4. The third-order valence-corrected chi connectivity index (χ3v) is 8.61. The van der Waals surface area contributed by atoms with Gasteiger partial charge in [-0.1, -0.05) is 87.9 Å². The van der Waals surface area contributed by atoms with Crippen LogP contribution in [0.4, 0.5) is 0 Å². The maximum atomic E-state index is 11.6. The Hall–Kier alpha value is -4.27. The average Bonchev–Trinajstić information content (AvgIpc) is 3.84. The highest BCUT2D eigenvalue weighted by molar-refractivity contribution is 6.12. The molecular formula is C43H59N3O5. The van der Waals surface area contributed by atoms with Crippen LogP contribution in [0.5, 0.6) is 11.5 Å². The molecule has 0 aliphatic carbocycles. The van der Waals surface area contributed by atoms with Gasteiger partial charge in [0, 0.05) is 19.4 Å². The van der Waals surface area contributed by atoms with Gasteiger partial charge in [0.1, 0.15) is 28.8 Å². The van der Waals surface area contributed by atoms with E-state index in [0.29, 0.717) is 18.9 Å². The largest absolute Gasteiger partial charge is 0.497 e. The second-order valence-electron chi connectivity index (χ2n) is 12.8. The van der Waals surface area contributed by atoms with E-state index in [4.69, 9.17) is 18.9 Å². The van der Waals surface area contributed by atoms with Crippen LogP contribution < -0.4 is 14.8 Å². The predicted octanol–water partition coefficient (Wildman–Crippen LogP) is 9.46. The Balaban J connectivity index is 0.000000297. The molecule has 1 amide bonds. The summed E-state index contributed by atoms with van der Waals surface area (Å²) in [6.07, 6.45) is 8.98. The second kappa shape index (κ2) is 21.8. The third-order valence-electron chi connectivity index (χ3n) is 8.61. The minimum Gasteiger partial charge on any atom is -0.497 e. The predicted molar refractivity (Wildman–Crippen MR) is 209 cm³/mol. The highest BCUT2D eigenvalue weighted by Crippen LogP contribution is 2.42. The van der Waals surface area contributed by atoms with E-state index in [1.807, 2.05) is 57.2 Å². The maximum absolute atomic E-state index is 11.6. The van der Waals surface area contributed by atoms with Crippen molar-refractivity contribution in [2.24, 2.45) is 9.98 Å². The molecule has 3 aromatic carbocycles. The van der Waals surface area contributed by atoms with Gasteiger partial charge in [-0.3, -0.25) is 9.79 Å². The molecule has 0 spiro atoms. The van der Waals surface area contributed by atoms with E-state index in [1.54, 1.807) is 14.2 Å². The highest BCUT2D eigenvalue weighted by atomic mass is 16.6. The van der Waals surface area contributed by atoms with Crippen LogP contribution >= 0.6 is 0 Å². The molecule has 3 aromatic rings. The number of carbonyl (C=O) groups is 1. The fraction of sp³-hybridized carbons (Fsp3) is 0.465. The van der Waals surface area contributed by atoms with Gasteiger partial charge in [0.2, 0.25) is 5.91 Å². The Morgan fingerprint density at radius 2 is 1.49 bits per heavy atom. The first-order valence-electron chi connectivity index (χ1n) is 18.4. The van der Waals surface area contributed by atoms with Crippen LogP contribution in [0.25, 0.3) is 0 Å². The van der Waals surface area contributed by atoms with Crippen LogP contribution in [0.15, 0.2) is 100 Å². The van der Waals surface area contributed by atoms with E-state index in [1.165, 1.54) is 6.42 Å². The number of rotatable bonds is 11. The van der Waals surface area contributed by atoms with Gasteiger partial charge in [-0.25, -0.2) is 4.99 Å². The van der Waals surface area contributed by atoms with Crippen molar-refractivity contribution in [2.75, 3.05) is 27.4 Å². The lowest BCUT2D eigenvalue weighted by Gasteiger charge is -2.37. The van der Waals surface area contributed by atoms with Crippen LogP contribution in [-0.2, 0) is 19.9 Å². The molecule has 5 rings (SSSR count). The van der Waals surface area contributed by atoms with E-state index < -0.39 is 5.60 Å². The Kier molecular flexibility index (Phi) is 17.6. The van der Waals surface area contributed by atoms with Crippen molar-refractivity contribution in [1.29, 1.82) is 0 Å². The lowest BCUT2D eigenvalue weighted by atomic mass is 9.80. The topological polar surface area (TPSA) is 90.7 Å². The molecular weight excluding hydrogens is 638 g/mol. The first kappa shape index (κ1) is 41.2. The average molecular weight is 698 g/mol. The minimum atomic E-state index is -0.783. The van der Waals surface area contributed by atoms with Crippen molar-refractivity contribution >= 4 is 17.6 Å². The third kappa shape index (κ3) is 12.2. The molecule has 2 aliphatic rings. The molecule has 1 saturated heterocycles. The van der Waals surface area contributed by atoms with Crippen molar-refractivity contribution < 1.29 is 23.7 Å². The summed E-state index contributed by atoms with van der Waals surface area (Å²) in [4.78, 5) is 20.3. The number of amides is 1. The molecule has 1 fully saturated rings. The van der Waals surface area contributed by atoms with Crippen molar-refractivity contribution in [3.63, 3.8) is 0 Å². The molecule has 8 heteroatoms. The number of hydrogen-bond donors (Lipinski definition) is 1. The molecule has 51 heavy (non-hydrogen) atoms. The zero-order valence-electron chi connectivity index (χ0n) is 32.0. The standard InChI is InChI=1S/C27H30O4.C13H21N3O.C3H8/c1-20-9-14-26(31-20)19-30-27(21-7-5-4-6-8-21,22-10-15-24(28-2)16-11-22)23-12-17-25(29-3)18-13-23;1-4-7-12(17)16-13(10(3)5-2)15-11-8-6-9-14-11;1-3-2/h4-8,10-13,15-18,20,26H,9,14,19H2,1-3H3;5H,4,6-9H2,1-3H3,(H,14,15,16,17);3H2,1-2H3/b;10-5-;. The molecule has 2 heterocycles. The number of benzene rings is 3. The number of nitrogens with one attached hydrogen (secondary N) is 1. The van der Waals surface area contributed by atoms with Crippen molar-refractivity contribution in [3.8, 4) is 11.5 Å². The Morgan fingerprint density at radius 1 is 0.922 bits per heavy atom. The SMILES string of the molecule is C/C=C(/C)C(=NC1=NCCC1)NC(=O)CCC.CCC.COc1ccc(C(OCC2CCC(C)O2)(c2ccccc2)c2ccc(OC)cc2)cc1. The van der Waals surface area contributed by atoms with Crippen LogP contribution in [0.1, 0.15) is 103 Å². The van der Waals surface area contributed by atoms with E-state index in [9.17, 15) is 4.79 Å². The van der Waals surface area contributed by atoms with Crippen LogP contribution in [0.2, 0.25) is 0 Å². The van der Waals surface area contributed by atoms with Crippen LogP contribution in [0, 0.1) is 0 Å². The first-order valence-corrected chi connectivity index (χ1v) is 18.4. The summed E-state index contributed by atoms with van der Waals surface area (Å²) >= 11 is 0. The summed E-state index contributed by atoms with van der Waals surface area (Å²) in [6.45, 7) is 13.6. The molecule has 2 atom stereocenters. The smallest absolute Gasteiger partial charge is 0.225 e. The molecule has 0 radical (unpaired) electrons. The molecule has 2 unspecified atom stereocenters. The first-order chi connectivity index (χ1) is 24.7. The van der Waals surface area contributed by atoms with Crippen molar-refractivity contribution in [2.45, 2.75) is 104 Å². The van der Waals surface area contributed by atoms with Crippen LogP contribution in [0.3, 0.4) is 0 Å². The van der Waals surface area contributed by atoms with Crippen molar-refractivity contribution in [3.05, 3.63) is 107 Å². The molecule has 0 aromatic heterocycles. The van der Waals surface area contributed by atoms with Gasteiger partial charge < -0.3 is 24.3 Å². The van der Waals surface area contributed by atoms with Gasteiger partial charge in [-0.05, 0) is 93.0 Å². The molecule has 276 valence electrons. The molecule has 2 aliphatic heterocycles. The fourth-order valence-corrected chi connectivity index (χ4v) is 5.82. The molecule has 0 saturated carbocycles. The summed E-state index contributed by atoms with van der Waals surface area (Å²) in [5, 5.41) is 2.86. The fourth-order valence-electron chi connectivity index (χ4n) is 5.82. The number of hydrogen-bond acceptors (Lipinski definition) is 7. The van der Waals surface area contributed by atoms with Gasteiger partial charge >= 0.3 is 0 Å². The second-order valence-corrected chi connectivity index (χ2v) is 12.8. The summed E-state index contributed by atoms with van der Waals surface area (Å²) in [5.41, 5.74) is 3.33. The maximum Gasteiger partial charge on any atom is 0.225 e. The van der Waals surface area contributed by atoms with Gasteiger partial charge in [0.25, 0.3) is 0 Å². The minimum absolute atomic E-state index is 0.0195. The number of carbonyl (C=O) groups excluding carboxylic acids is 1. The lowest BCUT2D eigenvalue weighted by molar-refractivity contribution is -0.119. The highest BCUT2D eigenvalue weighted by Gasteiger charge is 2.39. The number of methoxy groups -OCH3 is 2. The summed E-state index contributed by atoms with van der Waals surface area (Å²) in [6, 6.07) is 26.6. The monoisotopic (exact) mass is 697 g/mol. The Bertz CT molecular complexity index is 1500. The molecule has 1 N–H and O–H groups in total. The van der Waals surface area contributed by atoms with E-state index in [0.717, 1.165) is 78.2 Å². The summed E-state index contributed by atoms with van der Waals surface area (Å²) < 4.78 is 23.7. The Morgan fingerprint density at radius 3 is 1.94 bits per heavy atom. The van der Waals surface area contributed by atoms with E-state index in [-0.39, 0.29) is 18.1 Å². The quantitative estimate of drug-likeness (QED) is 0.123. The molecule has 8 nitrogen and oxygen atoms in total. The van der Waals surface area contributed by atoms with E-state index in [2.05, 4.69) is 84.6 Å². The number of amidine groups is 2. The lowest BCUT2D eigenvalue weighted by Crippen LogP contribution is -2.35. The summed E-state index contributed by atoms with van der Waals surface area (Å²) in [7, 11) is 3.36. The van der Waals surface area contributed by atoms with Crippen molar-refractivity contribution in [1.82, 2.24) is 5.32 Å². The van der Waals surface area contributed by atoms with Gasteiger partial charge in [0.05, 0.1) is 33.0 Å². The Labute approximate surface area is 306 Å². The number of nitrogens with zero attached hydrogens (tertiary/aromatic N) is 2. The van der Waals surface area contributed by atoms with Crippen LogP contribution in [-0.4, -0.2) is 57.2 Å². The zero-order chi connectivity index (χ0) is 37.1.